The molecular formula is C14H18F3NO3S. The Morgan fingerprint density at radius 2 is 1.95 bits per heavy atom. The minimum atomic E-state index is -4.23. The van der Waals surface area contributed by atoms with E-state index in [2.05, 4.69) is 0 Å². The molecule has 22 heavy (non-hydrogen) atoms. The molecule has 1 heterocycles. The molecule has 0 N–H and O–H groups in total. The maximum Gasteiger partial charge on any atom is 0.393 e. The predicted octanol–water partition coefficient (Wildman–Crippen LogP) is 2.37. The van der Waals surface area contributed by atoms with Crippen LogP contribution in [0.2, 0.25) is 0 Å². The van der Waals surface area contributed by atoms with E-state index in [9.17, 15) is 21.6 Å². The van der Waals surface area contributed by atoms with Gasteiger partial charge in [-0.1, -0.05) is 12.1 Å². The lowest BCUT2D eigenvalue weighted by Crippen LogP contribution is -2.51. The van der Waals surface area contributed by atoms with Gasteiger partial charge in [0.25, 0.3) is 0 Å². The number of hydrogen-bond acceptors (Lipinski definition) is 3. The van der Waals surface area contributed by atoms with Crippen LogP contribution in [0.1, 0.15) is 11.1 Å². The number of hydrogen-bond donors (Lipinski definition) is 0. The first kappa shape index (κ1) is 17.1. The Balaban J connectivity index is 1.87. The topological polar surface area (TPSA) is 46.6 Å². The van der Waals surface area contributed by atoms with Crippen molar-refractivity contribution >= 4 is 10.0 Å². The zero-order valence-electron chi connectivity index (χ0n) is 12.4. The van der Waals surface area contributed by atoms with Crippen LogP contribution < -0.4 is 4.74 Å². The smallest absolute Gasteiger partial charge is 0.393 e. The van der Waals surface area contributed by atoms with Crippen LogP contribution in [0.5, 0.6) is 5.75 Å². The molecule has 0 aliphatic carbocycles. The van der Waals surface area contributed by atoms with Crippen LogP contribution in [-0.4, -0.2) is 44.9 Å². The molecule has 4 nitrogen and oxygen atoms in total. The molecular weight excluding hydrogens is 319 g/mol. The van der Waals surface area contributed by atoms with E-state index in [0.29, 0.717) is 31.0 Å². The molecule has 0 radical (unpaired) electrons. The molecule has 0 aromatic heterocycles. The van der Waals surface area contributed by atoms with E-state index < -0.39 is 22.6 Å². The number of sulfonamides is 1. The molecule has 1 aromatic carbocycles. The van der Waals surface area contributed by atoms with Crippen molar-refractivity contribution in [2.45, 2.75) is 19.5 Å². The minimum absolute atomic E-state index is 0.115. The molecule has 1 fully saturated rings. The molecule has 0 unspecified atom stereocenters. The number of nitrogens with zero attached hydrogens (tertiary/aromatic N) is 1. The maximum absolute atomic E-state index is 12.3. The minimum Gasteiger partial charge on any atom is -0.493 e. The highest BCUT2D eigenvalue weighted by Gasteiger charge is 2.33. The lowest BCUT2D eigenvalue weighted by atomic mass is 10.0. The van der Waals surface area contributed by atoms with E-state index >= 15 is 0 Å². The first-order chi connectivity index (χ1) is 10.0. The van der Waals surface area contributed by atoms with E-state index in [0.717, 1.165) is 6.26 Å². The van der Waals surface area contributed by atoms with Gasteiger partial charge in [-0.15, -0.1) is 0 Å². The van der Waals surface area contributed by atoms with E-state index in [4.69, 9.17) is 4.74 Å². The SMILES string of the molecule is Cc1cc(CC(F)(F)F)ccc1OCC1CN(S(C)(=O)=O)C1. The Kier molecular flexibility index (Phi) is 4.72. The van der Waals surface area contributed by atoms with Crippen molar-refractivity contribution in [3.05, 3.63) is 29.3 Å². The summed E-state index contributed by atoms with van der Waals surface area (Å²) in [5.74, 6) is 0.646. The first-order valence-electron chi connectivity index (χ1n) is 6.79. The van der Waals surface area contributed by atoms with Crippen molar-refractivity contribution < 1.29 is 26.3 Å². The van der Waals surface area contributed by atoms with Crippen LogP contribution in [-0.2, 0) is 16.4 Å². The van der Waals surface area contributed by atoms with Crippen molar-refractivity contribution in [2.75, 3.05) is 26.0 Å². The summed E-state index contributed by atoms with van der Waals surface area (Å²) in [4.78, 5) is 0. The van der Waals surface area contributed by atoms with Gasteiger partial charge in [0.2, 0.25) is 10.0 Å². The third kappa shape index (κ3) is 4.61. The predicted molar refractivity (Wildman–Crippen MR) is 76.3 cm³/mol. The number of alkyl halides is 3. The zero-order chi connectivity index (χ0) is 16.5. The summed E-state index contributed by atoms with van der Waals surface area (Å²) in [5, 5.41) is 0. The second-order valence-electron chi connectivity index (χ2n) is 5.65. The van der Waals surface area contributed by atoms with Gasteiger partial charge in [0.15, 0.2) is 0 Å². The Bertz CT molecular complexity index is 637. The number of rotatable bonds is 5. The van der Waals surface area contributed by atoms with Crippen LogP contribution in [0.4, 0.5) is 13.2 Å². The van der Waals surface area contributed by atoms with Gasteiger partial charge < -0.3 is 4.74 Å². The van der Waals surface area contributed by atoms with Crippen molar-refractivity contribution in [3.8, 4) is 5.75 Å². The van der Waals surface area contributed by atoms with Crippen LogP contribution in [0.3, 0.4) is 0 Å². The molecule has 0 saturated carbocycles. The molecule has 0 bridgehead atoms. The fourth-order valence-corrected chi connectivity index (χ4v) is 3.28. The monoisotopic (exact) mass is 337 g/mol. The highest BCUT2D eigenvalue weighted by Crippen LogP contribution is 2.26. The maximum atomic E-state index is 12.3. The third-order valence-corrected chi connectivity index (χ3v) is 4.75. The largest absolute Gasteiger partial charge is 0.493 e. The number of halogens is 3. The molecule has 0 amide bonds. The number of ether oxygens (including phenoxy) is 1. The van der Waals surface area contributed by atoms with Gasteiger partial charge >= 0.3 is 6.18 Å². The lowest BCUT2D eigenvalue weighted by Gasteiger charge is -2.36. The summed E-state index contributed by atoms with van der Waals surface area (Å²) in [6, 6.07) is 4.40. The second-order valence-corrected chi connectivity index (χ2v) is 7.63. The Labute approximate surface area is 127 Å². The molecule has 1 aliphatic rings. The van der Waals surface area contributed by atoms with E-state index in [-0.39, 0.29) is 11.5 Å². The normalized spacial score (nSPS) is 17.3. The summed E-state index contributed by atoms with van der Waals surface area (Å²) < 4.78 is 66.4. The average Bonchev–Trinajstić information content (AvgIpc) is 2.25. The van der Waals surface area contributed by atoms with Gasteiger partial charge in [0.05, 0.1) is 19.3 Å². The summed E-state index contributed by atoms with van der Waals surface area (Å²) in [7, 11) is -3.14. The second kappa shape index (κ2) is 6.08. The lowest BCUT2D eigenvalue weighted by molar-refractivity contribution is -0.127. The molecule has 1 aliphatic heterocycles. The van der Waals surface area contributed by atoms with Gasteiger partial charge in [-0.2, -0.15) is 13.2 Å². The van der Waals surface area contributed by atoms with Gasteiger partial charge in [0.1, 0.15) is 5.75 Å². The fourth-order valence-electron chi connectivity index (χ4n) is 2.32. The highest BCUT2D eigenvalue weighted by atomic mass is 32.2. The molecule has 1 saturated heterocycles. The van der Waals surface area contributed by atoms with Crippen LogP contribution in [0, 0.1) is 12.8 Å². The summed E-state index contributed by atoms with van der Waals surface area (Å²) in [6.45, 7) is 2.89. The average molecular weight is 337 g/mol. The van der Waals surface area contributed by atoms with E-state index in [1.54, 1.807) is 6.92 Å². The Hall–Kier alpha value is -1.28. The van der Waals surface area contributed by atoms with E-state index in [1.165, 1.54) is 22.5 Å². The summed E-state index contributed by atoms with van der Waals surface area (Å²) in [6.07, 6.45) is -4.02. The molecule has 2 rings (SSSR count). The quantitative estimate of drug-likeness (QED) is 0.829. The number of aryl methyl sites for hydroxylation is 1. The van der Waals surface area contributed by atoms with Gasteiger partial charge in [0, 0.05) is 19.0 Å². The van der Waals surface area contributed by atoms with Gasteiger partial charge in [-0.05, 0) is 24.1 Å². The number of benzene rings is 1. The standard InChI is InChI=1S/C14H18F3NO3S/c1-10-5-11(6-14(15,16)17)3-4-13(10)21-9-12-7-18(8-12)22(2,19)20/h3-5,12H,6-9H2,1-2H3. The summed E-state index contributed by atoms with van der Waals surface area (Å²) >= 11 is 0. The first-order valence-corrected chi connectivity index (χ1v) is 8.63. The van der Waals surface area contributed by atoms with Crippen LogP contribution in [0.25, 0.3) is 0 Å². The zero-order valence-corrected chi connectivity index (χ0v) is 13.2. The molecule has 0 atom stereocenters. The van der Waals surface area contributed by atoms with Gasteiger partial charge in [-0.25, -0.2) is 12.7 Å². The van der Waals surface area contributed by atoms with Crippen LogP contribution >= 0.6 is 0 Å². The molecule has 0 spiro atoms. The Morgan fingerprint density at radius 1 is 1.32 bits per heavy atom. The highest BCUT2D eigenvalue weighted by molar-refractivity contribution is 7.88. The van der Waals surface area contributed by atoms with Crippen molar-refractivity contribution in [3.63, 3.8) is 0 Å². The third-order valence-electron chi connectivity index (χ3n) is 3.51. The van der Waals surface area contributed by atoms with Crippen molar-refractivity contribution in [1.29, 1.82) is 0 Å². The van der Waals surface area contributed by atoms with Crippen molar-refractivity contribution in [1.82, 2.24) is 4.31 Å². The molecule has 124 valence electrons. The van der Waals surface area contributed by atoms with Crippen LogP contribution in [0.15, 0.2) is 18.2 Å². The molecule has 8 heteroatoms. The Morgan fingerprint density at radius 3 is 2.45 bits per heavy atom. The summed E-state index contributed by atoms with van der Waals surface area (Å²) in [5.41, 5.74) is 0.838. The van der Waals surface area contributed by atoms with Crippen molar-refractivity contribution in [2.24, 2.45) is 5.92 Å². The molecule has 1 aromatic rings. The fraction of sp³-hybridized carbons (Fsp3) is 0.571. The van der Waals surface area contributed by atoms with Gasteiger partial charge in [-0.3, -0.25) is 0 Å². The van der Waals surface area contributed by atoms with E-state index in [1.807, 2.05) is 0 Å².